The Kier molecular flexibility index (Phi) is 15.3. The van der Waals surface area contributed by atoms with Crippen molar-refractivity contribution in [1.29, 1.82) is 0 Å². The van der Waals surface area contributed by atoms with Crippen molar-refractivity contribution in [3.8, 4) is 22.6 Å². The Balaban J connectivity index is 0.000000453. The van der Waals surface area contributed by atoms with E-state index < -0.39 is 23.9 Å². The molecule has 0 bridgehead atoms. The Hall–Kier alpha value is -5.79. The molecule has 2 fully saturated rings. The highest BCUT2D eigenvalue weighted by atomic mass is 16.5. The Morgan fingerprint density at radius 2 is 0.981 bits per heavy atom. The normalized spacial score (nSPS) is 14.2. The van der Waals surface area contributed by atoms with Gasteiger partial charge in [0.05, 0.1) is 0 Å². The summed E-state index contributed by atoms with van der Waals surface area (Å²) in [4.78, 5) is 55.4. The maximum absolute atomic E-state index is 14.0. The van der Waals surface area contributed by atoms with Gasteiger partial charge >= 0.3 is 23.9 Å². The fourth-order valence-electron chi connectivity index (χ4n) is 6.11. The van der Waals surface area contributed by atoms with E-state index in [0.29, 0.717) is 18.8 Å². The molecule has 0 saturated carbocycles. The molecule has 4 aromatic carbocycles. The summed E-state index contributed by atoms with van der Waals surface area (Å²) >= 11 is 0. The molecule has 0 amide bonds. The zero-order valence-electron chi connectivity index (χ0n) is 29.3. The lowest BCUT2D eigenvalue weighted by Crippen LogP contribution is -2.33. The molecule has 2 saturated heterocycles. The number of hydrogen-bond donors (Lipinski definition) is 4. The standard InChI is InChI=1S/C36H40N2O3.2C2H2O4/c39-36(30-12-17-32(18-13-30)41-26-24-37-20-4-1-5-21-37)35-33-9-3-2-8-28(33)14-19-34(35)29-10-15-31(16-11-29)40-27-25-38-22-6-7-23-38;2*3-1(4)2(5)6/h2-3,8-19H,1,4-7,20-27H2;2*(H,3,4)(H,5,6). The van der Waals surface area contributed by atoms with E-state index in [1.165, 1.54) is 58.3 Å². The van der Waals surface area contributed by atoms with Crippen LogP contribution >= 0.6 is 0 Å². The van der Waals surface area contributed by atoms with Crippen LogP contribution in [-0.2, 0) is 19.2 Å². The quantitative estimate of drug-likeness (QED) is 0.114. The largest absolute Gasteiger partial charge is 0.492 e. The second-order valence-electron chi connectivity index (χ2n) is 12.5. The van der Waals surface area contributed by atoms with Gasteiger partial charge in [0.1, 0.15) is 24.7 Å². The van der Waals surface area contributed by atoms with Crippen molar-refractivity contribution in [3.63, 3.8) is 0 Å². The monoisotopic (exact) mass is 728 g/mol. The highest BCUT2D eigenvalue weighted by Gasteiger charge is 2.19. The first kappa shape index (κ1) is 40.0. The molecule has 53 heavy (non-hydrogen) atoms. The van der Waals surface area contributed by atoms with Crippen molar-refractivity contribution < 1.29 is 53.9 Å². The lowest BCUT2D eigenvalue weighted by Gasteiger charge is -2.26. The number of nitrogens with zero attached hydrogens (tertiary/aromatic N) is 2. The van der Waals surface area contributed by atoms with Gasteiger partial charge in [0.25, 0.3) is 0 Å². The number of fused-ring (bicyclic) bond motifs is 1. The number of carbonyl (C=O) groups is 5. The minimum Gasteiger partial charge on any atom is -0.492 e. The number of carboxylic acids is 4. The van der Waals surface area contributed by atoms with Crippen molar-refractivity contribution in [2.24, 2.45) is 0 Å². The van der Waals surface area contributed by atoms with Crippen molar-refractivity contribution in [2.45, 2.75) is 32.1 Å². The topological polar surface area (TPSA) is 191 Å². The van der Waals surface area contributed by atoms with Crippen LogP contribution in [0.4, 0.5) is 0 Å². The first-order valence-corrected chi connectivity index (χ1v) is 17.4. The third-order valence-corrected chi connectivity index (χ3v) is 8.80. The van der Waals surface area contributed by atoms with Gasteiger partial charge in [0.15, 0.2) is 5.78 Å². The molecule has 0 spiro atoms. The van der Waals surface area contributed by atoms with E-state index in [1.54, 1.807) is 0 Å². The second kappa shape index (κ2) is 20.3. The average Bonchev–Trinajstić information content (AvgIpc) is 3.69. The number of piperidine rings is 1. The van der Waals surface area contributed by atoms with E-state index in [-0.39, 0.29) is 5.78 Å². The first-order chi connectivity index (χ1) is 25.5. The number of rotatable bonds is 11. The third-order valence-electron chi connectivity index (χ3n) is 8.80. The summed E-state index contributed by atoms with van der Waals surface area (Å²) in [7, 11) is 0. The van der Waals surface area contributed by atoms with Crippen molar-refractivity contribution in [2.75, 3.05) is 52.5 Å². The summed E-state index contributed by atoms with van der Waals surface area (Å²) in [5.74, 6) is -5.62. The van der Waals surface area contributed by atoms with E-state index in [9.17, 15) is 4.79 Å². The minimum atomic E-state index is -1.82. The van der Waals surface area contributed by atoms with Crippen molar-refractivity contribution in [1.82, 2.24) is 9.80 Å². The Morgan fingerprint density at radius 1 is 0.528 bits per heavy atom. The number of carboxylic acid groups (broad SMARTS) is 4. The van der Waals surface area contributed by atoms with Crippen LogP contribution in [0.5, 0.6) is 11.5 Å². The number of ether oxygens (including phenoxy) is 2. The van der Waals surface area contributed by atoms with E-state index >= 15 is 0 Å². The zero-order chi connectivity index (χ0) is 38.2. The third kappa shape index (κ3) is 12.4. The Labute approximate surface area is 307 Å². The molecule has 0 unspecified atom stereocenters. The second-order valence-corrected chi connectivity index (χ2v) is 12.5. The molecule has 0 atom stereocenters. The molecule has 6 rings (SSSR count). The Morgan fingerprint density at radius 3 is 1.47 bits per heavy atom. The number of carbonyl (C=O) groups excluding carboxylic acids is 1. The molecule has 0 aliphatic carbocycles. The van der Waals surface area contributed by atoms with Crippen LogP contribution in [0.3, 0.4) is 0 Å². The number of benzene rings is 4. The fourth-order valence-corrected chi connectivity index (χ4v) is 6.11. The van der Waals surface area contributed by atoms with Gasteiger partial charge < -0.3 is 29.9 Å². The SMILES string of the molecule is O=C(O)C(=O)O.O=C(O)C(=O)O.O=C(c1ccc(OCCN2CCCCC2)cc1)c1c(-c2ccc(OCCN3CCCC3)cc2)ccc2ccccc12. The molecule has 4 aromatic rings. The molecule has 280 valence electrons. The van der Waals surface area contributed by atoms with Gasteiger partial charge in [-0.1, -0.05) is 55.0 Å². The van der Waals surface area contributed by atoms with Crippen LogP contribution in [-0.4, -0.2) is 112 Å². The van der Waals surface area contributed by atoms with Gasteiger partial charge in [0, 0.05) is 24.2 Å². The maximum atomic E-state index is 14.0. The summed E-state index contributed by atoms with van der Waals surface area (Å²) in [6.07, 6.45) is 6.48. The van der Waals surface area contributed by atoms with E-state index in [0.717, 1.165) is 52.1 Å². The molecular formula is C40H44N2O11. The van der Waals surface area contributed by atoms with Gasteiger partial charge in [-0.15, -0.1) is 0 Å². The predicted octanol–water partition coefficient (Wildman–Crippen LogP) is 5.39. The summed E-state index contributed by atoms with van der Waals surface area (Å²) in [6, 6.07) is 28.0. The minimum absolute atomic E-state index is 0.0163. The van der Waals surface area contributed by atoms with Gasteiger partial charge in [-0.2, -0.15) is 0 Å². The molecule has 2 aliphatic rings. The molecule has 4 N–H and O–H groups in total. The molecule has 0 aromatic heterocycles. The van der Waals surface area contributed by atoms with E-state index in [4.69, 9.17) is 49.1 Å². The molecule has 13 heteroatoms. The molecule has 13 nitrogen and oxygen atoms in total. The van der Waals surface area contributed by atoms with Crippen LogP contribution in [0.1, 0.15) is 48.0 Å². The lowest BCUT2D eigenvalue weighted by atomic mass is 9.89. The number of likely N-dealkylation sites (tertiary alicyclic amines) is 2. The molecule has 0 radical (unpaired) electrons. The van der Waals surface area contributed by atoms with Crippen LogP contribution < -0.4 is 9.47 Å². The highest BCUT2D eigenvalue weighted by Crippen LogP contribution is 2.33. The lowest BCUT2D eigenvalue weighted by molar-refractivity contribution is -0.159. The number of hydrogen-bond acceptors (Lipinski definition) is 9. The van der Waals surface area contributed by atoms with E-state index in [2.05, 4.69) is 40.1 Å². The highest BCUT2D eigenvalue weighted by molar-refractivity contribution is 6.28. The number of aliphatic carboxylic acids is 4. The summed E-state index contributed by atoms with van der Waals surface area (Å²) in [5.41, 5.74) is 3.32. The van der Waals surface area contributed by atoms with Crippen molar-refractivity contribution in [3.05, 3.63) is 96.1 Å². The predicted molar refractivity (Wildman–Crippen MR) is 197 cm³/mol. The van der Waals surface area contributed by atoms with Gasteiger partial charge in [-0.3, -0.25) is 14.6 Å². The first-order valence-electron chi connectivity index (χ1n) is 17.4. The molecular weight excluding hydrogens is 684 g/mol. The summed E-state index contributed by atoms with van der Waals surface area (Å²) in [5, 5.41) is 31.6. The van der Waals surface area contributed by atoms with Crippen LogP contribution in [0.25, 0.3) is 21.9 Å². The van der Waals surface area contributed by atoms with Gasteiger partial charge in [-0.05, 0) is 110 Å². The van der Waals surface area contributed by atoms with E-state index in [1.807, 2.05) is 54.6 Å². The molecule has 2 heterocycles. The summed E-state index contributed by atoms with van der Waals surface area (Å²) < 4.78 is 12.0. The van der Waals surface area contributed by atoms with Crippen LogP contribution in [0.15, 0.2) is 84.9 Å². The average molecular weight is 729 g/mol. The van der Waals surface area contributed by atoms with Crippen LogP contribution in [0, 0.1) is 0 Å². The molecule has 2 aliphatic heterocycles. The van der Waals surface area contributed by atoms with Gasteiger partial charge in [0.2, 0.25) is 0 Å². The van der Waals surface area contributed by atoms with Crippen molar-refractivity contribution >= 4 is 40.4 Å². The smallest absolute Gasteiger partial charge is 0.414 e. The van der Waals surface area contributed by atoms with Crippen LogP contribution in [0.2, 0.25) is 0 Å². The summed E-state index contributed by atoms with van der Waals surface area (Å²) in [6.45, 7) is 7.95. The zero-order valence-corrected chi connectivity index (χ0v) is 29.3. The fraction of sp³-hybridized carbons (Fsp3) is 0.325. The van der Waals surface area contributed by atoms with Gasteiger partial charge in [-0.25, -0.2) is 19.2 Å². The Bertz CT molecular complexity index is 1800. The maximum Gasteiger partial charge on any atom is 0.414 e. The number of ketones is 1.